The molecule has 2 atom stereocenters. The van der Waals surface area contributed by atoms with Gasteiger partial charge in [0.05, 0.1) is 23.4 Å². The molecule has 180 valence electrons. The van der Waals surface area contributed by atoms with Crippen molar-refractivity contribution < 1.29 is 14.6 Å². The largest absolute Gasteiger partial charge is 0.461 e. The van der Waals surface area contributed by atoms with Crippen molar-refractivity contribution >= 4 is 17.7 Å². The number of ether oxygens (including phenoxy) is 1. The Bertz CT molecular complexity index is 1060. The number of hydrogen-bond donors (Lipinski definition) is 2. The summed E-state index contributed by atoms with van der Waals surface area (Å²) in [5.41, 5.74) is 5.59. The second kappa shape index (κ2) is 9.96. The number of nitrogens with one attached hydrogen (secondary N) is 1. The normalized spacial score (nSPS) is 20.7. The van der Waals surface area contributed by atoms with Gasteiger partial charge in [-0.25, -0.2) is 4.98 Å². The fourth-order valence-electron chi connectivity index (χ4n) is 4.31. The molecule has 0 bridgehead atoms. The Labute approximate surface area is 206 Å². The lowest BCUT2D eigenvalue weighted by Gasteiger charge is -2.32. The molecule has 6 heteroatoms. The number of nitrogens with zero attached hydrogens (tertiary/aromatic N) is 1. The number of imidazole rings is 1. The van der Waals surface area contributed by atoms with Crippen LogP contribution < -0.4 is 0 Å². The molecule has 34 heavy (non-hydrogen) atoms. The number of H-pyrrole nitrogens is 1. The topological polar surface area (TPSA) is 75.2 Å². The predicted molar refractivity (Wildman–Crippen MR) is 138 cm³/mol. The van der Waals surface area contributed by atoms with Crippen molar-refractivity contribution in [3.63, 3.8) is 0 Å². The second-order valence-electron chi connectivity index (χ2n) is 10.1. The first-order valence-electron chi connectivity index (χ1n) is 12.0. The summed E-state index contributed by atoms with van der Waals surface area (Å²) >= 11 is 1.52. The highest BCUT2D eigenvalue weighted by molar-refractivity contribution is 7.99. The standard InChI is InChI=1S/C28H34N2O3S/c1-17(2)19-6-10-21(11-7-19)25-26(22-12-8-20(9-13-22)18(3)4)30-27(29-25)34-16-23-14-28(5,32)15-24(31)33-23/h6-13,17-18,23,32H,14-16H2,1-5H3,(H,29,30)/t23-,28?/m0/s1. The predicted octanol–water partition coefficient (Wildman–Crippen LogP) is 6.54. The van der Waals surface area contributed by atoms with Crippen molar-refractivity contribution in [1.29, 1.82) is 0 Å². The van der Waals surface area contributed by atoms with Crippen LogP contribution in [0.4, 0.5) is 0 Å². The zero-order valence-electron chi connectivity index (χ0n) is 20.6. The number of carbonyl (C=O) groups excluding carboxylic acids is 1. The van der Waals surface area contributed by atoms with Crippen LogP contribution in [0, 0.1) is 0 Å². The fraction of sp³-hybridized carbons (Fsp3) is 0.429. The number of benzene rings is 2. The maximum absolute atomic E-state index is 11.9. The number of esters is 1. The highest BCUT2D eigenvalue weighted by Crippen LogP contribution is 2.35. The van der Waals surface area contributed by atoms with Crippen LogP contribution in [0.3, 0.4) is 0 Å². The summed E-state index contributed by atoms with van der Waals surface area (Å²) in [6, 6.07) is 17.2. The maximum atomic E-state index is 11.9. The molecule has 1 aromatic heterocycles. The first-order valence-corrected chi connectivity index (χ1v) is 12.9. The summed E-state index contributed by atoms with van der Waals surface area (Å²) in [5, 5.41) is 11.1. The highest BCUT2D eigenvalue weighted by Gasteiger charge is 2.36. The van der Waals surface area contributed by atoms with Crippen LogP contribution in [-0.4, -0.2) is 38.5 Å². The van der Waals surface area contributed by atoms with E-state index in [2.05, 4.69) is 81.2 Å². The van der Waals surface area contributed by atoms with Crippen molar-refractivity contribution in [2.45, 2.75) is 76.2 Å². The molecule has 2 N–H and O–H groups in total. The minimum Gasteiger partial charge on any atom is -0.461 e. The number of carbonyl (C=O) groups is 1. The Morgan fingerprint density at radius 3 is 2.12 bits per heavy atom. The molecule has 1 saturated heterocycles. The third kappa shape index (κ3) is 5.73. The Hall–Kier alpha value is -2.57. The van der Waals surface area contributed by atoms with E-state index in [1.165, 1.54) is 22.9 Å². The molecule has 1 fully saturated rings. The molecule has 4 rings (SSSR count). The summed E-state index contributed by atoms with van der Waals surface area (Å²) in [4.78, 5) is 20.3. The lowest BCUT2D eigenvalue weighted by Crippen LogP contribution is -2.41. The molecule has 2 aromatic carbocycles. The molecule has 1 aliphatic rings. The molecular formula is C28H34N2O3S. The quantitative estimate of drug-likeness (QED) is 0.298. The smallest absolute Gasteiger partial charge is 0.309 e. The van der Waals surface area contributed by atoms with E-state index in [1.54, 1.807) is 6.92 Å². The zero-order chi connectivity index (χ0) is 24.5. The number of rotatable bonds is 7. The van der Waals surface area contributed by atoms with Crippen molar-refractivity contribution in [3.05, 3.63) is 59.7 Å². The molecule has 5 nitrogen and oxygen atoms in total. The van der Waals surface area contributed by atoms with E-state index >= 15 is 0 Å². The van der Waals surface area contributed by atoms with Gasteiger partial charge in [0.15, 0.2) is 5.16 Å². The number of cyclic esters (lactones) is 1. The van der Waals surface area contributed by atoms with E-state index in [-0.39, 0.29) is 18.5 Å². The first kappa shape index (κ1) is 24.6. The van der Waals surface area contributed by atoms with Gasteiger partial charge in [0.25, 0.3) is 0 Å². The van der Waals surface area contributed by atoms with Crippen LogP contribution in [0.5, 0.6) is 0 Å². The zero-order valence-corrected chi connectivity index (χ0v) is 21.4. The third-order valence-electron chi connectivity index (χ3n) is 6.30. The van der Waals surface area contributed by atoms with Crippen molar-refractivity contribution in [2.24, 2.45) is 0 Å². The van der Waals surface area contributed by atoms with E-state index in [4.69, 9.17) is 9.72 Å². The second-order valence-corrected chi connectivity index (χ2v) is 11.1. The van der Waals surface area contributed by atoms with Gasteiger partial charge in [-0.15, -0.1) is 0 Å². The van der Waals surface area contributed by atoms with Gasteiger partial charge >= 0.3 is 5.97 Å². The Kier molecular flexibility index (Phi) is 7.20. The Balaban J connectivity index is 1.63. The summed E-state index contributed by atoms with van der Waals surface area (Å²) in [6.07, 6.45) is 0.135. The molecule has 1 aliphatic heterocycles. The van der Waals surface area contributed by atoms with Crippen LogP contribution in [0.1, 0.15) is 70.4 Å². The molecule has 0 radical (unpaired) electrons. The van der Waals surface area contributed by atoms with Gasteiger partial charge in [-0.05, 0) is 29.9 Å². The average Bonchev–Trinajstić information content (AvgIpc) is 3.21. The van der Waals surface area contributed by atoms with Gasteiger partial charge in [0.2, 0.25) is 0 Å². The lowest BCUT2D eigenvalue weighted by atomic mass is 9.93. The SMILES string of the molecule is CC(C)c1ccc(-c2nc(SC[C@@H]3CC(C)(O)CC(=O)O3)[nH]c2-c2ccc(C(C)C)cc2)cc1. The van der Waals surface area contributed by atoms with E-state index in [0.717, 1.165) is 27.7 Å². The molecular weight excluding hydrogens is 444 g/mol. The molecule has 0 saturated carbocycles. The molecule has 1 unspecified atom stereocenters. The van der Waals surface area contributed by atoms with Crippen LogP contribution in [-0.2, 0) is 9.53 Å². The van der Waals surface area contributed by atoms with Gasteiger partial charge < -0.3 is 14.8 Å². The Morgan fingerprint density at radius 2 is 1.59 bits per heavy atom. The number of thioether (sulfide) groups is 1. The fourth-order valence-corrected chi connectivity index (χ4v) is 5.17. The van der Waals surface area contributed by atoms with Gasteiger partial charge in [0, 0.05) is 23.3 Å². The van der Waals surface area contributed by atoms with Gasteiger partial charge in [-0.3, -0.25) is 4.79 Å². The molecule has 3 aromatic rings. The Morgan fingerprint density at radius 1 is 1.03 bits per heavy atom. The molecule has 2 heterocycles. The van der Waals surface area contributed by atoms with E-state index in [0.29, 0.717) is 24.0 Å². The number of aromatic nitrogens is 2. The first-order chi connectivity index (χ1) is 16.1. The molecule has 0 amide bonds. The van der Waals surface area contributed by atoms with Crippen LogP contribution in [0.2, 0.25) is 0 Å². The van der Waals surface area contributed by atoms with Gasteiger partial charge in [-0.2, -0.15) is 0 Å². The van der Waals surface area contributed by atoms with E-state index in [1.807, 2.05) is 0 Å². The summed E-state index contributed by atoms with van der Waals surface area (Å²) in [7, 11) is 0. The number of hydrogen-bond acceptors (Lipinski definition) is 5. The average molecular weight is 479 g/mol. The summed E-state index contributed by atoms with van der Waals surface area (Å²) in [6.45, 7) is 10.5. The lowest BCUT2D eigenvalue weighted by molar-refractivity contribution is -0.165. The molecule has 0 spiro atoms. The minimum atomic E-state index is -1.02. The monoisotopic (exact) mass is 478 g/mol. The van der Waals surface area contributed by atoms with Gasteiger partial charge in [0.1, 0.15) is 6.10 Å². The third-order valence-corrected chi connectivity index (χ3v) is 7.30. The minimum absolute atomic E-state index is 0.0436. The van der Waals surface area contributed by atoms with E-state index in [9.17, 15) is 9.90 Å². The van der Waals surface area contributed by atoms with Crippen LogP contribution >= 0.6 is 11.8 Å². The maximum Gasteiger partial charge on any atom is 0.309 e. The van der Waals surface area contributed by atoms with Crippen molar-refractivity contribution in [2.75, 3.05) is 5.75 Å². The highest BCUT2D eigenvalue weighted by atomic mass is 32.2. The van der Waals surface area contributed by atoms with Crippen LogP contribution in [0.15, 0.2) is 53.7 Å². The van der Waals surface area contributed by atoms with Crippen LogP contribution in [0.25, 0.3) is 22.5 Å². The van der Waals surface area contributed by atoms with Gasteiger partial charge in [-0.1, -0.05) is 88.0 Å². The van der Waals surface area contributed by atoms with Crippen molar-refractivity contribution in [3.8, 4) is 22.5 Å². The van der Waals surface area contributed by atoms with Crippen molar-refractivity contribution in [1.82, 2.24) is 9.97 Å². The molecule has 0 aliphatic carbocycles. The van der Waals surface area contributed by atoms with E-state index < -0.39 is 5.60 Å². The number of aliphatic hydroxyl groups is 1. The number of aromatic amines is 1. The summed E-state index contributed by atoms with van der Waals surface area (Å²) < 4.78 is 5.46. The summed E-state index contributed by atoms with van der Waals surface area (Å²) in [5.74, 6) is 1.13.